The van der Waals surface area contributed by atoms with Gasteiger partial charge in [0.15, 0.2) is 0 Å². The molecule has 0 aromatic carbocycles. The molecule has 0 amide bonds. The van der Waals surface area contributed by atoms with Crippen molar-refractivity contribution < 1.29 is 34.1 Å². The first-order valence-electron chi connectivity index (χ1n) is 10.9. The summed E-state index contributed by atoms with van der Waals surface area (Å²) in [6.07, 6.45) is 16.8. The molecule has 2 radical (unpaired) electrons. The Hall–Kier alpha value is -4.04. The number of aromatic amines is 1. The van der Waals surface area contributed by atoms with E-state index < -0.39 is 0 Å². The minimum Gasteiger partial charge on any atom is -0.753 e. The maximum absolute atomic E-state index is 7.13. The first-order valence-corrected chi connectivity index (χ1v) is 12.5. The summed E-state index contributed by atoms with van der Waals surface area (Å²) in [5.74, 6) is 0.463. The van der Waals surface area contributed by atoms with Crippen LogP contribution in [0.25, 0.3) is 10.8 Å². The molecule has 18 nitrogen and oxygen atoms in total. The van der Waals surface area contributed by atoms with Crippen LogP contribution in [0.4, 0.5) is 0 Å². The molecule has 0 aliphatic carbocycles. The van der Waals surface area contributed by atoms with Crippen LogP contribution in [0.1, 0.15) is 13.8 Å². The molecule has 0 fully saturated rings. The van der Waals surface area contributed by atoms with E-state index in [1.165, 1.54) is 33.8 Å². The Labute approximate surface area is 304 Å². The third-order valence-corrected chi connectivity index (χ3v) is 3.00. The molecule has 0 saturated carbocycles. The molecule has 0 saturated heterocycles. The van der Waals surface area contributed by atoms with Crippen molar-refractivity contribution in [3.8, 4) is 10.8 Å². The predicted molar refractivity (Wildman–Crippen MR) is 177 cm³/mol. The van der Waals surface area contributed by atoms with Crippen LogP contribution in [0.2, 0.25) is 0 Å². The van der Waals surface area contributed by atoms with Crippen LogP contribution in [-0.4, -0.2) is 98.3 Å². The topological polar surface area (TPSA) is 248 Å². The van der Waals surface area contributed by atoms with Gasteiger partial charge in [-0.3, -0.25) is 0 Å². The van der Waals surface area contributed by atoms with E-state index in [9.17, 15) is 0 Å². The average Bonchev–Trinajstić information content (AvgIpc) is 3.80. The molecule has 240 valence electrons. The number of nitriles is 2. The first-order chi connectivity index (χ1) is 20.6. The Morgan fingerprint density at radius 2 is 1.00 bits per heavy atom. The van der Waals surface area contributed by atoms with Gasteiger partial charge >= 0.3 is 34.1 Å². The van der Waals surface area contributed by atoms with Crippen LogP contribution in [0.3, 0.4) is 0 Å². The van der Waals surface area contributed by atoms with Gasteiger partial charge in [-0.2, -0.15) is 20.5 Å². The smallest absolute Gasteiger partial charge is 0.753 e. The van der Waals surface area contributed by atoms with Crippen molar-refractivity contribution in [2.45, 2.75) is 20.0 Å². The molecule has 2 aliphatic heterocycles. The van der Waals surface area contributed by atoms with E-state index in [0.29, 0.717) is 5.92 Å². The van der Waals surface area contributed by atoms with Gasteiger partial charge in [-0.15, -0.1) is 30.6 Å². The molecule has 3 aromatic heterocycles. The first kappa shape index (κ1) is 53.5. The quantitative estimate of drug-likeness (QED) is 0.113. The van der Waals surface area contributed by atoms with Gasteiger partial charge < -0.3 is 55.1 Å². The molecular formula is C21H28Mn2N18S4. The Kier molecular flexibility index (Phi) is 55.8. The molecule has 0 bridgehead atoms. The SMILES string of the molecule is CC1C=NN=C1.CC1N=CN(C)C=N1.Cn1cnnc1.Cn1cnnc1.N#C[S-].N#C[S-].[Mn+2].[Mn+2].[N-]=C=S.[N-]=C=S.c1nnc[nH]1. The maximum atomic E-state index is 7.13. The molecule has 24 heteroatoms. The van der Waals surface area contributed by atoms with Crippen LogP contribution in [0.15, 0.2) is 58.2 Å². The van der Waals surface area contributed by atoms with Crippen LogP contribution in [0, 0.1) is 27.2 Å². The van der Waals surface area contributed by atoms with Crippen molar-refractivity contribution in [1.29, 1.82) is 10.5 Å². The van der Waals surface area contributed by atoms with Gasteiger partial charge in [0.1, 0.15) is 44.1 Å². The van der Waals surface area contributed by atoms with Crippen LogP contribution >= 0.6 is 24.4 Å². The van der Waals surface area contributed by atoms with Gasteiger partial charge in [0.25, 0.3) is 0 Å². The number of aliphatic imine (C=N–C) groups is 2. The number of hydrogen-bond donors (Lipinski definition) is 1. The van der Waals surface area contributed by atoms with E-state index in [-0.39, 0.29) is 40.3 Å². The second-order valence-electron chi connectivity index (χ2n) is 6.49. The summed E-state index contributed by atoms with van der Waals surface area (Å²) in [6.45, 7) is 3.99. The van der Waals surface area contributed by atoms with Gasteiger partial charge in [0.05, 0.1) is 12.7 Å². The molecule has 0 atom stereocenters. The van der Waals surface area contributed by atoms with Crippen molar-refractivity contribution in [1.82, 2.24) is 49.6 Å². The van der Waals surface area contributed by atoms with Gasteiger partial charge in [-0.25, -0.2) is 20.5 Å². The third kappa shape index (κ3) is 56.4. The number of rotatable bonds is 0. The Morgan fingerprint density at radius 3 is 1.13 bits per heavy atom. The van der Waals surface area contributed by atoms with Crippen molar-refractivity contribution in [3.63, 3.8) is 0 Å². The Morgan fingerprint density at radius 1 is 0.711 bits per heavy atom. The van der Waals surface area contributed by atoms with Crippen LogP contribution < -0.4 is 0 Å². The maximum Gasteiger partial charge on any atom is 2.00 e. The van der Waals surface area contributed by atoms with E-state index in [4.69, 9.17) is 21.3 Å². The molecular weight excluding hydrogens is 743 g/mol. The van der Waals surface area contributed by atoms with Crippen molar-refractivity contribution in [2.24, 2.45) is 40.2 Å². The standard InChI is InChI=1S/C5H9N3.C4H6N2.2C3H5N3.C2H3N3.2CHNS.2CNS.2Mn/c1-5-6-3-8(2)4-7-5;1-4-2-5-6-3-4;2*1-6-2-4-5-3-6;1-3-2-5-4-1;4*2-1-3;;/h3-5H,1-2H3;2-4H,1H3;2*2-3H,1H3;1-2H,(H,3,4,5);2*3H;;;;/q;;;;;;;2*-1;2*+2/p-2. The molecule has 3 aromatic rings. The molecule has 0 spiro atoms. The molecule has 5 rings (SSSR count). The minimum absolute atomic E-state index is 0. The van der Waals surface area contributed by atoms with Gasteiger partial charge in [-0.1, -0.05) is 42.2 Å². The molecule has 45 heavy (non-hydrogen) atoms. The van der Waals surface area contributed by atoms with E-state index >= 15 is 0 Å². The minimum atomic E-state index is 0. The number of aromatic nitrogens is 9. The summed E-state index contributed by atoms with van der Waals surface area (Å²) in [7, 11) is 5.65. The average molecular weight is 771 g/mol. The third-order valence-electron chi connectivity index (χ3n) is 3.00. The fourth-order valence-corrected chi connectivity index (χ4v) is 1.47. The van der Waals surface area contributed by atoms with E-state index in [2.05, 4.69) is 105 Å². The second-order valence-corrected chi connectivity index (χ2v) is 7.22. The Bertz CT molecular complexity index is 1130. The Balaban J connectivity index is -0.0000000968. The number of H-pyrrole nitrogens is 1. The van der Waals surface area contributed by atoms with Crippen molar-refractivity contribution >= 4 is 85.1 Å². The van der Waals surface area contributed by atoms with Crippen molar-refractivity contribution in [2.75, 3.05) is 7.05 Å². The summed E-state index contributed by atoms with van der Waals surface area (Å²) >= 11 is 14.8. The molecule has 0 unspecified atom stereocenters. The van der Waals surface area contributed by atoms with Crippen molar-refractivity contribution in [3.05, 3.63) is 48.8 Å². The number of nitrogens with zero attached hydrogens (tertiary/aromatic N) is 17. The molecule has 1 N–H and O–H groups in total. The van der Waals surface area contributed by atoms with Crippen LogP contribution in [-0.2, 0) is 73.5 Å². The number of isothiocyanates is 2. The number of aryl methyl sites for hydroxylation is 2. The fraction of sp³-hybridized carbons (Fsp3) is 0.333. The van der Waals surface area contributed by atoms with Gasteiger partial charge in [0, 0.05) is 39.5 Å². The predicted octanol–water partition coefficient (Wildman–Crippen LogP) is 1.80. The van der Waals surface area contributed by atoms with Gasteiger partial charge in [0.2, 0.25) is 0 Å². The number of hydrogen-bond acceptors (Lipinski definition) is 17. The van der Waals surface area contributed by atoms with Gasteiger partial charge in [-0.05, 0) is 6.92 Å². The zero-order valence-electron chi connectivity index (χ0n) is 24.4. The van der Waals surface area contributed by atoms with E-state index in [1.807, 2.05) is 39.9 Å². The molecule has 5 heterocycles. The summed E-state index contributed by atoms with van der Waals surface area (Å²) < 4.78 is 3.56. The summed E-state index contributed by atoms with van der Waals surface area (Å²) in [5.41, 5.74) is 0. The van der Waals surface area contributed by atoms with E-state index in [1.54, 1.807) is 59.5 Å². The second kappa shape index (κ2) is 46.9. The molecule has 2 aliphatic rings. The summed E-state index contributed by atoms with van der Waals surface area (Å²) in [5, 5.41) is 62.1. The normalized spacial score (nSPS) is 10.2. The monoisotopic (exact) mass is 770 g/mol. The zero-order valence-corrected chi connectivity index (χ0v) is 30.0. The summed E-state index contributed by atoms with van der Waals surface area (Å²) in [4.78, 5) is 12.5. The zero-order chi connectivity index (χ0) is 33.6. The fourth-order valence-electron chi connectivity index (χ4n) is 1.47. The number of thiocyanates is 2. The largest absolute Gasteiger partial charge is 2.00 e. The van der Waals surface area contributed by atoms with E-state index in [0.717, 1.165) is 0 Å². The summed E-state index contributed by atoms with van der Waals surface area (Å²) in [6, 6.07) is 0. The van der Waals surface area contributed by atoms with Crippen LogP contribution in [0.5, 0.6) is 0 Å². The number of thiocarbonyl (C=S) groups is 2. The number of nitrogens with one attached hydrogen (secondary N) is 1.